The molecule has 30 heavy (non-hydrogen) atoms. The zero-order valence-electron chi connectivity index (χ0n) is 17.2. The maximum atomic E-state index is 13.6. The van der Waals surface area contributed by atoms with Crippen LogP contribution in [0.2, 0.25) is 0 Å². The van der Waals surface area contributed by atoms with Gasteiger partial charge in [-0.2, -0.15) is 0 Å². The lowest BCUT2D eigenvalue weighted by Gasteiger charge is -2.19. The van der Waals surface area contributed by atoms with Gasteiger partial charge in [-0.15, -0.1) is 0 Å². The largest absolute Gasteiger partial charge is 0.493 e. The van der Waals surface area contributed by atoms with E-state index in [2.05, 4.69) is 26.1 Å². The summed E-state index contributed by atoms with van der Waals surface area (Å²) < 4.78 is 50.2. The van der Waals surface area contributed by atoms with E-state index in [1.54, 1.807) is 12.1 Å². The quantitative estimate of drug-likeness (QED) is 0.516. The van der Waals surface area contributed by atoms with Crippen LogP contribution in [0.5, 0.6) is 5.75 Å². The van der Waals surface area contributed by atoms with Gasteiger partial charge in [0.1, 0.15) is 5.75 Å². The molecule has 0 spiro atoms. The molecule has 2 aromatic carbocycles. The summed E-state index contributed by atoms with van der Waals surface area (Å²) in [6.07, 6.45) is -1.38. The molecular weight excluding hydrogens is 399 g/mol. The van der Waals surface area contributed by atoms with Crippen molar-refractivity contribution >= 4 is 17.6 Å². The molecule has 0 aliphatic rings. The van der Waals surface area contributed by atoms with Crippen molar-refractivity contribution in [3.8, 4) is 5.75 Å². The number of halogens is 3. The van der Waals surface area contributed by atoms with Crippen molar-refractivity contribution in [2.45, 2.75) is 45.6 Å². The summed E-state index contributed by atoms with van der Waals surface area (Å²) in [7, 11) is 0. The molecule has 0 radical (unpaired) electrons. The Labute approximate surface area is 173 Å². The van der Waals surface area contributed by atoms with E-state index in [1.807, 2.05) is 12.1 Å². The highest BCUT2D eigenvalue weighted by Gasteiger charge is 2.21. The van der Waals surface area contributed by atoms with Crippen LogP contribution < -0.4 is 10.1 Å². The Morgan fingerprint density at radius 1 is 1.00 bits per heavy atom. The number of anilines is 1. The van der Waals surface area contributed by atoms with E-state index >= 15 is 0 Å². The summed E-state index contributed by atoms with van der Waals surface area (Å²) in [5.41, 5.74) is 0.608. The molecule has 0 saturated carbocycles. The van der Waals surface area contributed by atoms with Gasteiger partial charge in [0.2, 0.25) is 0 Å². The molecule has 1 atom stereocenters. The van der Waals surface area contributed by atoms with Crippen LogP contribution in [0.3, 0.4) is 0 Å². The smallest absolute Gasteiger partial charge is 0.310 e. The van der Waals surface area contributed by atoms with Crippen molar-refractivity contribution in [1.82, 2.24) is 0 Å². The molecule has 8 heteroatoms. The number of amides is 1. The standard InChI is InChI=1S/C22H24F3NO4/c1-13(21(28)26-17-10-9-16(23)19(24)20(17)25)30-18(27)11-12-29-15-7-5-14(6-8-15)22(2,3)4/h5-10,13H,11-12H2,1-4H3,(H,26,28)/t13-/m1/s1. The third kappa shape index (κ3) is 6.23. The Bertz CT molecular complexity index is 908. The number of hydrogen-bond donors (Lipinski definition) is 1. The van der Waals surface area contributed by atoms with Gasteiger partial charge < -0.3 is 14.8 Å². The molecule has 162 valence electrons. The molecule has 0 saturated heterocycles. The van der Waals surface area contributed by atoms with Crippen LogP contribution in [0.1, 0.15) is 39.7 Å². The monoisotopic (exact) mass is 423 g/mol. The van der Waals surface area contributed by atoms with Crippen LogP contribution in [0.4, 0.5) is 18.9 Å². The molecule has 0 fully saturated rings. The van der Waals surface area contributed by atoms with Crippen molar-refractivity contribution in [1.29, 1.82) is 0 Å². The summed E-state index contributed by atoms with van der Waals surface area (Å²) in [4.78, 5) is 23.9. The maximum absolute atomic E-state index is 13.6. The van der Waals surface area contributed by atoms with Gasteiger partial charge in [-0.05, 0) is 42.2 Å². The van der Waals surface area contributed by atoms with Crippen molar-refractivity contribution in [3.05, 3.63) is 59.4 Å². The molecule has 0 bridgehead atoms. The minimum atomic E-state index is -1.70. The van der Waals surface area contributed by atoms with Gasteiger partial charge >= 0.3 is 5.97 Å². The molecule has 0 heterocycles. The van der Waals surface area contributed by atoms with Crippen LogP contribution in [0, 0.1) is 17.5 Å². The summed E-state index contributed by atoms with van der Waals surface area (Å²) in [5, 5.41) is 2.05. The predicted octanol–water partition coefficient (Wildman–Crippen LogP) is 4.74. The lowest BCUT2D eigenvalue weighted by atomic mass is 9.87. The van der Waals surface area contributed by atoms with E-state index in [0.717, 1.165) is 11.6 Å². The number of rotatable bonds is 7. The number of esters is 1. The first-order chi connectivity index (χ1) is 14.0. The summed E-state index contributed by atoms with van der Waals surface area (Å²) in [5.74, 6) is -5.60. The van der Waals surface area contributed by atoms with Gasteiger partial charge in [0.05, 0.1) is 18.7 Å². The summed E-state index contributed by atoms with van der Waals surface area (Å²) in [6.45, 7) is 7.60. The number of nitrogens with one attached hydrogen (secondary N) is 1. The van der Waals surface area contributed by atoms with E-state index < -0.39 is 41.1 Å². The average molecular weight is 423 g/mol. The van der Waals surface area contributed by atoms with Crippen LogP contribution in [0.25, 0.3) is 0 Å². The molecule has 0 unspecified atom stereocenters. The highest BCUT2D eigenvalue weighted by Crippen LogP contribution is 2.24. The minimum Gasteiger partial charge on any atom is -0.493 e. The molecule has 0 aliphatic carbocycles. The Morgan fingerprint density at radius 2 is 1.63 bits per heavy atom. The highest BCUT2D eigenvalue weighted by atomic mass is 19.2. The molecule has 5 nitrogen and oxygen atoms in total. The zero-order chi connectivity index (χ0) is 22.5. The van der Waals surface area contributed by atoms with Crippen molar-refractivity contribution in [3.63, 3.8) is 0 Å². The first kappa shape index (κ1) is 23.3. The van der Waals surface area contributed by atoms with Crippen molar-refractivity contribution in [2.75, 3.05) is 11.9 Å². The van der Waals surface area contributed by atoms with Crippen molar-refractivity contribution in [2.24, 2.45) is 0 Å². The van der Waals surface area contributed by atoms with Gasteiger partial charge in [0, 0.05) is 0 Å². The van der Waals surface area contributed by atoms with E-state index in [1.165, 1.54) is 6.92 Å². The topological polar surface area (TPSA) is 64.6 Å². The molecular formula is C22H24F3NO4. The fraction of sp³-hybridized carbons (Fsp3) is 0.364. The first-order valence-corrected chi connectivity index (χ1v) is 9.36. The number of carbonyl (C=O) groups is 2. The van der Waals surface area contributed by atoms with Crippen molar-refractivity contribution < 1.29 is 32.2 Å². The number of ether oxygens (including phenoxy) is 2. The number of hydrogen-bond acceptors (Lipinski definition) is 4. The molecule has 0 aromatic heterocycles. The zero-order valence-corrected chi connectivity index (χ0v) is 17.2. The van der Waals surface area contributed by atoms with E-state index in [9.17, 15) is 22.8 Å². The lowest BCUT2D eigenvalue weighted by molar-refractivity contribution is -0.153. The fourth-order valence-corrected chi connectivity index (χ4v) is 2.47. The average Bonchev–Trinajstić information content (AvgIpc) is 2.68. The molecule has 1 amide bonds. The van der Waals surface area contributed by atoms with E-state index in [4.69, 9.17) is 9.47 Å². The number of benzene rings is 2. The summed E-state index contributed by atoms with van der Waals surface area (Å²) in [6, 6.07) is 9.04. The molecule has 2 aromatic rings. The van der Waals surface area contributed by atoms with Crippen LogP contribution in [-0.2, 0) is 19.7 Å². The van der Waals surface area contributed by atoms with Crippen LogP contribution >= 0.6 is 0 Å². The number of carbonyl (C=O) groups excluding carboxylic acids is 2. The third-order valence-corrected chi connectivity index (χ3v) is 4.27. The van der Waals surface area contributed by atoms with Gasteiger partial charge in [0.25, 0.3) is 5.91 Å². The SMILES string of the molecule is C[C@@H](OC(=O)CCOc1ccc(C(C)(C)C)cc1)C(=O)Nc1ccc(F)c(F)c1F. The molecule has 1 N–H and O–H groups in total. The van der Waals surface area contributed by atoms with Gasteiger partial charge in [-0.25, -0.2) is 13.2 Å². The Morgan fingerprint density at radius 3 is 2.23 bits per heavy atom. The highest BCUT2D eigenvalue weighted by molar-refractivity contribution is 5.95. The van der Waals surface area contributed by atoms with Crippen LogP contribution in [0.15, 0.2) is 36.4 Å². The first-order valence-electron chi connectivity index (χ1n) is 9.36. The second-order valence-corrected chi connectivity index (χ2v) is 7.72. The maximum Gasteiger partial charge on any atom is 0.310 e. The van der Waals surface area contributed by atoms with E-state index in [0.29, 0.717) is 11.8 Å². The normalized spacial score (nSPS) is 12.2. The van der Waals surface area contributed by atoms with Crippen LogP contribution in [-0.4, -0.2) is 24.6 Å². The molecule has 0 aliphatic heterocycles. The Kier molecular flexibility index (Phi) is 7.48. The second-order valence-electron chi connectivity index (χ2n) is 7.72. The third-order valence-electron chi connectivity index (χ3n) is 4.27. The van der Waals surface area contributed by atoms with Gasteiger partial charge in [-0.3, -0.25) is 9.59 Å². The fourth-order valence-electron chi connectivity index (χ4n) is 2.47. The minimum absolute atomic E-state index is 0.0155. The summed E-state index contributed by atoms with van der Waals surface area (Å²) >= 11 is 0. The Hall–Kier alpha value is -3.03. The predicted molar refractivity (Wildman–Crippen MR) is 106 cm³/mol. The molecule has 2 rings (SSSR count). The van der Waals surface area contributed by atoms with Gasteiger partial charge in [-0.1, -0.05) is 32.9 Å². The Balaban J connectivity index is 1.80. The van der Waals surface area contributed by atoms with Gasteiger partial charge in [0.15, 0.2) is 23.6 Å². The lowest BCUT2D eigenvalue weighted by Crippen LogP contribution is -2.30. The van der Waals surface area contributed by atoms with E-state index in [-0.39, 0.29) is 18.4 Å². The second kappa shape index (κ2) is 9.65.